The molecule has 9 heteroatoms. The van der Waals surface area contributed by atoms with E-state index in [1.807, 2.05) is 0 Å². The maximum Gasteiger partial charge on any atom is 0.211 e. The number of halogens is 3. The highest BCUT2D eigenvalue weighted by atomic mass is 35.6. The average molecular weight is 604 g/mol. The lowest BCUT2D eigenvalue weighted by Gasteiger charge is -2.48. The molecule has 0 aromatic heterocycles. The number of alkyl halides is 3. The number of unbranched alkanes of at least 4 members (excludes halogenated alkanes) is 3. The first-order valence-electron chi connectivity index (χ1n) is 14.1. The summed E-state index contributed by atoms with van der Waals surface area (Å²) in [5.41, 5.74) is 0.466. The molecule has 37 heavy (non-hydrogen) atoms. The molecule has 1 rings (SSSR count). The van der Waals surface area contributed by atoms with Crippen molar-refractivity contribution < 1.29 is 23.4 Å². The van der Waals surface area contributed by atoms with Crippen LogP contribution in [0.25, 0.3) is 0 Å². The summed E-state index contributed by atoms with van der Waals surface area (Å²) in [5, 5.41) is 0.0756. The van der Waals surface area contributed by atoms with Gasteiger partial charge in [0.15, 0.2) is 8.32 Å². The van der Waals surface area contributed by atoms with Crippen molar-refractivity contribution in [2.45, 2.75) is 139 Å². The van der Waals surface area contributed by atoms with E-state index < -0.39 is 18.2 Å². The normalized spacial score (nSPS) is 25.4. The van der Waals surface area contributed by atoms with E-state index in [1.54, 1.807) is 0 Å². The fourth-order valence-electron chi connectivity index (χ4n) is 3.84. The van der Waals surface area contributed by atoms with Crippen molar-refractivity contribution in [3.05, 3.63) is 12.2 Å². The zero-order valence-electron chi connectivity index (χ0n) is 24.5. The van der Waals surface area contributed by atoms with E-state index >= 15 is 0 Å². The average Bonchev–Trinajstić information content (AvgIpc) is 2.79. The molecule has 0 aliphatic carbocycles. The van der Waals surface area contributed by atoms with Gasteiger partial charge < -0.3 is 23.4 Å². The van der Waals surface area contributed by atoms with E-state index in [4.69, 9.17) is 58.2 Å². The first kappa shape index (κ1) is 35.7. The van der Waals surface area contributed by atoms with Crippen molar-refractivity contribution in [2.24, 2.45) is 0 Å². The van der Waals surface area contributed by atoms with Gasteiger partial charge in [0.2, 0.25) is 3.79 Å². The zero-order valence-corrected chi connectivity index (χ0v) is 27.8. The van der Waals surface area contributed by atoms with Gasteiger partial charge in [0.25, 0.3) is 0 Å². The maximum absolute atomic E-state index is 6.71. The van der Waals surface area contributed by atoms with Crippen molar-refractivity contribution >= 4 is 43.1 Å². The highest BCUT2D eigenvalue weighted by Crippen LogP contribution is 2.41. The molecule has 1 aliphatic heterocycles. The van der Waals surface area contributed by atoms with Gasteiger partial charge >= 0.3 is 0 Å². The molecule has 1 saturated heterocycles. The Labute approximate surface area is 243 Å². The lowest BCUT2D eigenvalue weighted by Crippen LogP contribution is -2.62. The summed E-state index contributed by atoms with van der Waals surface area (Å²) in [5.74, 6) is 0. The molecule has 0 spiro atoms. The quantitative estimate of drug-likeness (QED) is 0.0720. The Balaban J connectivity index is 3.36. The Morgan fingerprint density at radius 2 is 1.22 bits per heavy atom. The third-order valence-electron chi connectivity index (χ3n) is 7.42. The zero-order chi connectivity index (χ0) is 28.3. The summed E-state index contributed by atoms with van der Waals surface area (Å²) in [7, 11) is -2.03. The van der Waals surface area contributed by atoms with E-state index in [1.165, 1.54) is 0 Å². The minimum atomic E-state index is -2.03. The Hall–Kier alpha value is 0.627. The van der Waals surface area contributed by atoms with Crippen LogP contribution in [0.3, 0.4) is 0 Å². The summed E-state index contributed by atoms with van der Waals surface area (Å²) in [6.07, 6.45) is 4.56. The molecule has 220 valence electrons. The van der Waals surface area contributed by atoms with Gasteiger partial charge in [-0.05, 0) is 43.0 Å². The van der Waals surface area contributed by atoms with Crippen LogP contribution in [0.4, 0.5) is 0 Å². The molecule has 5 atom stereocenters. The van der Waals surface area contributed by atoms with Gasteiger partial charge in [0.05, 0.1) is 12.7 Å². The number of rotatable bonds is 17. The van der Waals surface area contributed by atoms with Gasteiger partial charge in [-0.1, -0.05) is 102 Å². The summed E-state index contributed by atoms with van der Waals surface area (Å²) in [6.45, 7) is 24.0. The van der Waals surface area contributed by atoms with Crippen LogP contribution in [0, 0.1) is 0 Å². The molecule has 0 bridgehead atoms. The third kappa shape index (κ3) is 11.9. The summed E-state index contributed by atoms with van der Waals surface area (Å²) < 4.78 is 31.2. The van der Waals surface area contributed by atoms with Crippen LogP contribution < -0.4 is 0 Å². The summed E-state index contributed by atoms with van der Waals surface area (Å²) >= 11 is 18.6. The van der Waals surface area contributed by atoms with Crippen molar-refractivity contribution in [3.63, 3.8) is 0 Å². The van der Waals surface area contributed by atoms with E-state index in [-0.39, 0.29) is 29.5 Å². The molecule has 0 aromatic carbocycles. The third-order valence-corrected chi connectivity index (χ3v) is 12.7. The molecule has 0 saturated carbocycles. The first-order valence-corrected chi connectivity index (χ1v) is 18.1. The predicted molar refractivity (Wildman–Crippen MR) is 160 cm³/mol. The second kappa shape index (κ2) is 16.8. The van der Waals surface area contributed by atoms with Crippen LogP contribution in [-0.2, 0) is 23.4 Å². The second-order valence-corrected chi connectivity index (χ2v) is 18.7. The lowest BCUT2D eigenvalue weighted by molar-refractivity contribution is -0.262. The monoisotopic (exact) mass is 602 g/mol. The fourth-order valence-corrected chi connectivity index (χ4v) is 5.08. The van der Waals surface area contributed by atoms with Crippen LogP contribution in [0.15, 0.2) is 12.2 Å². The van der Waals surface area contributed by atoms with Crippen molar-refractivity contribution in [2.75, 3.05) is 26.4 Å². The van der Waals surface area contributed by atoms with Crippen LogP contribution in [0.1, 0.15) is 86.5 Å². The minimum Gasteiger partial charge on any atom is -0.414 e. The fraction of sp³-hybridized carbons (Fsp3) is 0.929. The minimum absolute atomic E-state index is 0.0756. The molecule has 5 nitrogen and oxygen atoms in total. The Kier molecular flexibility index (Phi) is 16.2. The molecule has 0 aromatic rings. The second-order valence-electron chi connectivity index (χ2n) is 11.7. The summed E-state index contributed by atoms with van der Waals surface area (Å²) in [4.78, 5) is 0. The van der Waals surface area contributed by atoms with Crippen molar-refractivity contribution in [3.8, 4) is 0 Å². The predicted octanol–water partition coefficient (Wildman–Crippen LogP) is 8.65. The van der Waals surface area contributed by atoms with Gasteiger partial charge in [-0.2, -0.15) is 0 Å². The van der Waals surface area contributed by atoms with Gasteiger partial charge in [-0.3, -0.25) is 0 Å². The molecule has 1 heterocycles. The van der Waals surface area contributed by atoms with E-state index in [2.05, 4.69) is 61.2 Å². The van der Waals surface area contributed by atoms with Gasteiger partial charge in [0.1, 0.15) is 24.4 Å². The van der Waals surface area contributed by atoms with Crippen molar-refractivity contribution in [1.82, 2.24) is 0 Å². The molecule has 0 radical (unpaired) electrons. The van der Waals surface area contributed by atoms with E-state index in [0.29, 0.717) is 38.4 Å². The molecular weight excluding hydrogens is 551 g/mol. The molecular formula is C28H53Cl3O5Si. The lowest BCUT2D eigenvalue weighted by atomic mass is 9.91. The van der Waals surface area contributed by atoms with Crippen LogP contribution >= 0.6 is 34.8 Å². The number of hydrogen-bond acceptors (Lipinski definition) is 5. The Bertz CT molecular complexity index is 651. The van der Waals surface area contributed by atoms with Gasteiger partial charge in [-0.15, -0.1) is 0 Å². The first-order chi connectivity index (χ1) is 17.2. The largest absolute Gasteiger partial charge is 0.414 e. The molecule has 1 aliphatic rings. The molecule has 0 N–H and O–H groups in total. The Morgan fingerprint density at radius 1 is 0.784 bits per heavy atom. The maximum atomic E-state index is 6.71. The van der Waals surface area contributed by atoms with E-state index in [9.17, 15) is 0 Å². The summed E-state index contributed by atoms with van der Waals surface area (Å²) in [6, 6.07) is 0. The standard InChI is InChI=1S/C28H53Cl3O5Si/c1-10-13-16-32-24-22(19-21(4)28(29,30)31)36-23(20-35-37(8,9)27(5,6)7)25(33-17-14-11-2)26(24)34-18-15-12-3/h22-26H,4,10-20H2,1-3,5-9H3/t22-,23?,24?,25-,26+/m0/s1. The smallest absolute Gasteiger partial charge is 0.211 e. The topological polar surface area (TPSA) is 46.2 Å². The van der Waals surface area contributed by atoms with Crippen LogP contribution in [0.2, 0.25) is 18.1 Å². The molecule has 2 unspecified atom stereocenters. The van der Waals surface area contributed by atoms with Crippen LogP contribution in [0.5, 0.6) is 0 Å². The van der Waals surface area contributed by atoms with Crippen LogP contribution in [-0.4, -0.2) is 69.1 Å². The van der Waals surface area contributed by atoms with Gasteiger partial charge in [0, 0.05) is 26.2 Å². The number of hydrogen-bond donors (Lipinski definition) is 0. The van der Waals surface area contributed by atoms with E-state index in [0.717, 1.165) is 38.5 Å². The van der Waals surface area contributed by atoms with Crippen molar-refractivity contribution in [1.29, 1.82) is 0 Å². The molecule has 1 fully saturated rings. The highest BCUT2D eigenvalue weighted by Gasteiger charge is 2.50. The SMILES string of the molecule is C=C(C[C@@H]1OC(CO[Si](C)(C)C(C)(C)C)[C@H](OCCCC)[C@H](OCCCC)C1OCCCC)C(Cl)(Cl)Cl. The number of ether oxygens (including phenoxy) is 4. The highest BCUT2D eigenvalue weighted by molar-refractivity contribution is 6.74. The van der Waals surface area contributed by atoms with Gasteiger partial charge in [-0.25, -0.2) is 0 Å². The Morgan fingerprint density at radius 3 is 1.62 bits per heavy atom. The molecule has 0 amide bonds.